The number of amides is 3. The highest BCUT2D eigenvalue weighted by Crippen LogP contribution is 2.30. The van der Waals surface area contributed by atoms with Gasteiger partial charge in [0, 0.05) is 10.7 Å². The monoisotopic (exact) mass is 455 g/mol. The Morgan fingerprint density at radius 1 is 1.00 bits per heavy atom. The molecule has 1 atom stereocenters. The lowest BCUT2D eigenvalue weighted by Crippen LogP contribution is -2.38. The van der Waals surface area contributed by atoms with Crippen LogP contribution in [0.1, 0.15) is 17.2 Å². The van der Waals surface area contributed by atoms with Crippen LogP contribution in [0.3, 0.4) is 0 Å². The minimum atomic E-state index is -0.990. The van der Waals surface area contributed by atoms with E-state index in [0.29, 0.717) is 27.7 Å². The van der Waals surface area contributed by atoms with Gasteiger partial charge in [-0.25, -0.2) is 4.79 Å². The number of nitrogens with one attached hydrogen (secondary N) is 2. The number of thiol groups is 1. The number of ether oxygens (including phenoxy) is 1. The van der Waals surface area contributed by atoms with Crippen LogP contribution in [0.15, 0.2) is 72.8 Å². The van der Waals surface area contributed by atoms with Gasteiger partial charge in [0.15, 0.2) is 0 Å². The Morgan fingerprint density at radius 3 is 2.32 bits per heavy atom. The number of rotatable bonds is 6. The zero-order valence-electron chi connectivity index (χ0n) is 17.0. The minimum absolute atomic E-state index is 0.366. The number of benzene rings is 3. The van der Waals surface area contributed by atoms with E-state index in [1.165, 1.54) is 7.11 Å². The van der Waals surface area contributed by atoms with Crippen LogP contribution >= 0.6 is 24.4 Å². The van der Waals surface area contributed by atoms with E-state index >= 15 is 0 Å². The van der Waals surface area contributed by atoms with Crippen molar-refractivity contribution in [2.75, 3.05) is 17.7 Å². The highest BCUT2D eigenvalue weighted by molar-refractivity contribution is 7.78. The van der Waals surface area contributed by atoms with E-state index in [1.807, 2.05) is 25.1 Å². The van der Waals surface area contributed by atoms with Crippen LogP contribution < -0.4 is 15.4 Å². The Kier molecular flexibility index (Phi) is 7.44. The van der Waals surface area contributed by atoms with Crippen molar-refractivity contribution < 1.29 is 14.3 Å². The third-order valence-electron chi connectivity index (χ3n) is 4.54. The summed E-state index contributed by atoms with van der Waals surface area (Å²) in [6.07, 6.45) is 0. The molecule has 0 spiro atoms. The number of urea groups is 1. The lowest BCUT2D eigenvalue weighted by Gasteiger charge is -2.27. The molecule has 1 unspecified atom stereocenters. The van der Waals surface area contributed by atoms with Crippen LogP contribution in [0, 0.1) is 6.92 Å². The first-order valence-electron chi connectivity index (χ1n) is 9.44. The number of hydrogen-bond acceptors (Lipinski definition) is 4. The second-order valence-electron chi connectivity index (χ2n) is 6.79. The number of anilines is 2. The molecule has 0 heterocycles. The summed E-state index contributed by atoms with van der Waals surface area (Å²) >= 11 is 10.4. The maximum atomic E-state index is 13.1. The molecule has 8 heteroatoms. The van der Waals surface area contributed by atoms with Gasteiger partial charge in [-0.2, -0.15) is 0 Å². The van der Waals surface area contributed by atoms with Gasteiger partial charge in [0.2, 0.25) is 0 Å². The van der Waals surface area contributed by atoms with Gasteiger partial charge in [-0.05, 0) is 42.8 Å². The topological polar surface area (TPSA) is 70.7 Å². The molecule has 0 aliphatic carbocycles. The first-order valence-corrected chi connectivity index (χ1v) is 10.2. The van der Waals surface area contributed by atoms with Crippen LogP contribution in [0.25, 0.3) is 0 Å². The average Bonchev–Trinajstić information content (AvgIpc) is 2.76. The van der Waals surface area contributed by atoms with Crippen molar-refractivity contribution in [3.63, 3.8) is 0 Å². The quantitative estimate of drug-likeness (QED) is 0.416. The molecule has 160 valence electrons. The second-order valence-corrected chi connectivity index (χ2v) is 7.66. The number of halogens is 1. The molecule has 3 aromatic rings. The number of hydrogen-bond donors (Lipinski definition) is 3. The van der Waals surface area contributed by atoms with Crippen molar-refractivity contribution >= 4 is 47.7 Å². The number of nitrogens with zero attached hydrogens (tertiary/aromatic N) is 1. The first kappa shape index (κ1) is 22.5. The molecule has 0 fully saturated rings. The van der Waals surface area contributed by atoms with Crippen molar-refractivity contribution in [2.24, 2.45) is 0 Å². The Bertz CT molecular complexity index is 1060. The van der Waals surface area contributed by atoms with E-state index in [2.05, 4.69) is 23.4 Å². The average molecular weight is 456 g/mol. The Labute approximate surface area is 191 Å². The number of methoxy groups -OCH3 is 1. The van der Waals surface area contributed by atoms with Crippen molar-refractivity contribution in [2.45, 2.75) is 13.0 Å². The van der Waals surface area contributed by atoms with E-state index in [-0.39, 0.29) is 0 Å². The summed E-state index contributed by atoms with van der Waals surface area (Å²) in [4.78, 5) is 26.1. The van der Waals surface area contributed by atoms with Crippen molar-refractivity contribution in [1.29, 1.82) is 0 Å². The van der Waals surface area contributed by atoms with Gasteiger partial charge in [-0.3, -0.25) is 9.10 Å². The fourth-order valence-corrected chi connectivity index (χ4v) is 3.41. The molecule has 31 heavy (non-hydrogen) atoms. The summed E-state index contributed by atoms with van der Waals surface area (Å²) in [5.41, 5.74) is 2.67. The van der Waals surface area contributed by atoms with Crippen molar-refractivity contribution in [3.8, 4) is 5.75 Å². The van der Waals surface area contributed by atoms with E-state index in [4.69, 9.17) is 16.3 Å². The highest BCUT2D eigenvalue weighted by Gasteiger charge is 2.30. The van der Waals surface area contributed by atoms with Gasteiger partial charge >= 0.3 is 6.03 Å². The molecule has 3 amide bonds. The molecular formula is C23H22ClN3O3S. The molecule has 3 rings (SSSR count). The van der Waals surface area contributed by atoms with E-state index in [1.54, 1.807) is 54.6 Å². The largest absolute Gasteiger partial charge is 0.495 e. The van der Waals surface area contributed by atoms with Crippen LogP contribution in [0.4, 0.5) is 16.2 Å². The summed E-state index contributed by atoms with van der Waals surface area (Å²) in [6.45, 7) is 1.96. The summed E-state index contributed by atoms with van der Waals surface area (Å²) in [6, 6.07) is 19.6. The van der Waals surface area contributed by atoms with Crippen LogP contribution in [-0.4, -0.2) is 23.4 Å². The maximum absolute atomic E-state index is 13.1. The highest BCUT2D eigenvalue weighted by atomic mass is 35.5. The van der Waals surface area contributed by atoms with Crippen LogP contribution in [0.2, 0.25) is 5.02 Å². The van der Waals surface area contributed by atoms with Crippen LogP contribution in [0.5, 0.6) is 5.75 Å². The molecule has 0 radical (unpaired) electrons. The Balaban J connectivity index is 1.86. The molecule has 0 aliphatic rings. The van der Waals surface area contributed by atoms with Gasteiger partial charge in [0.1, 0.15) is 11.8 Å². The number of aryl methyl sites for hydroxylation is 1. The predicted molar refractivity (Wildman–Crippen MR) is 127 cm³/mol. The molecule has 0 saturated carbocycles. The molecule has 0 saturated heterocycles. The third kappa shape index (κ3) is 5.71. The molecule has 2 N–H and O–H groups in total. The summed E-state index contributed by atoms with van der Waals surface area (Å²) in [5, 5.41) is 5.97. The van der Waals surface area contributed by atoms with Gasteiger partial charge in [0.05, 0.1) is 12.8 Å². The first-order chi connectivity index (χ1) is 14.9. The Morgan fingerprint density at radius 2 is 1.68 bits per heavy atom. The second kappa shape index (κ2) is 10.2. The van der Waals surface area contributed by atoms with Gasteiger partial charge in [-0.1, -0.05) is 72.4 Å². The standard InChI is InChI=1S/C23H22ClN3O3S/c1-15-8-11-18(12-9-15)25-22(28)21(16-6-4-3-5-7-16)27(31)23(29)26-19-14-17(24)10-13-20(19)30-2/h3-14,21,31H,1-2H3,(H,25,28)(H,26,29). The normalized spacial score (nSPS) is 11.4. The molecular weight excluding hydrogens is 434 g/mol. The van der Waals surface area contributed by atoms with Crippen molar-refractivity contribution in [1.82, 2.24) is 4.31 Å². The number of carbonyl (C=O) groups excluding carboxylic acids is 2. The van der Waals surface area contributed by atoms with Gasteiger partial charge < -0.3 is 15.4 Å². The summed E-state index contributed by atoms with van der Waals surface area (Å²) < 4.78 is 6.31. The number of carbonyl (C=O) groups is 2. The smallest absolute Gasteiger partial charge is 0.332 e. The van der Waals surface area contributed by atoms with E-state index < -0.39 is 18.0 Å². The zero-order chi connectivity index (χ0) is 22.4. The fourth-order valence-electron chi connectivity index (χ4n) is 2.95. The summed E-state index contributed by atoms with van der Waals surface area (Å²) in [7, 11) is 1.49. The SMILES string of the molecule is COc1ccc(Cl)cc1NC(=O)N(S)C(C(=O)Nc1ccc(C)cc1)c1ccccc1. The van der Waals surface area contributed by atoms with E-state index in [0.717, 1.165) is 9.87 Å². The molecule has 0 aliphatic heterocycles. The lowest BCUT2D eigenvalue weighted by atomic mass is 10.1. The Hall–Kier alpha value is -3.16. The lowest BCUT2D eigenvalue weighted by molar-refractivity contribution is -0.119. The zero-order valence-corrected chi connectivity index (χ0v) is 18.7. The molecule has 3 aromatic carbocycles. The predicted octanol–water partition coefficient (Wildman–Crippen LogP) is 5.72. The molecule has 6 nitrogen and oxygen atoms in total. The van der Waals surface area contributed by atoms with Crippen molar-refractivity contribution in [3.05, 3.63) is 88.9 Å². The molecule has 0 bridgehead atoms. The molecule has 0 aromatic heterocycles. The maximum Gasteiger partial charge on any atom is 0.332 e. The minimum Gasteiger partial charge on any atom is -0.495 e. The third-order valence-corrected chi connectivity index (χ3v) is 5.19. The van der Waals surface area contributed by atoms with Crippen LogP contribution in [-0.2, 0) is 4.79 Å². The van der Waals surface area contributed by atoms with Gasteiger partial charge in [0.25, 0.3) is 5.91 Å². The fraction of sp³-hybridized carbons (Fsp3) is 0.130. The van der Waals surface area contributed by atoms with Gasteiger partial charge in [-0.15, -0.1) is 0 Å². The van der Waals surface area contributed by atoms with E-state index in [9.17, 15) is 9.59 Å². The summed E-state index contributed by atoms with van der Waals surface area (Å²) in [5.74, 6) is 0.0260.